The summed E-state index contributed by atoms with van der Waals surface area (Å²) in [6, 6.07) is 1.92. The van der Waals surface area contributed by atoms with Gasteiger partial charge in [0.1, 0.15) is 0 Å². The Kier molecular flexibility index (Phi) is 4.83. The van der Waals surface area contributed by atoms with Crippen LogP contribution in [-0.4, -0.2) is 46.1 Å². The molecule has 5 nitrogen and oxygen atoms in total. The van der Waals surface area contributed by atoms with Crippen LogP contribution in [0.1, 0.15) is 49.2 Å². The molecule has 1 aromatic rings. The second-order valence-corrected chi connectivity index (χ2v) is 6.09. The van der Waals surface area contributed by atoms with Crippen LogP contribution >= 0.6 is 0 Å². The number of nitrogens with one attached hydrogen (secondary N) is 1. The Bertz CT molecular complexity index is 504. The lowest BCUT2D eigenvalue weighted by Crippen LogP contribution is -2.45. The number of carbonyl (C=O) groups excluding carboxylic acids is 1. The molecule has 1 aliphatic rings. The van der Waals surface area contributed by atoms with E-state index < -0.39 is 5.60 Å². The molecule has 5 heteroatoms. The molecule has 0 aromatic carbocycles. The van der Waals surface area contributed by atoms with Gasteiger partial charge in [0, 0.05) is 31.5 Å². The summed E-state index contributed by atoms with van der Waals surface area (Å²) in [5.41, 5.74) is 1.72. The SMILES string of the molecule is CCCNc1cc(C)ncc1C(=O)N1CCC(C)(O)CC1. The molecule has 21 heavy (non-hydrogen) atoms. The number of aliphatic hydroxyl groups is 1. The first-order valence-corrected chi connectivity index (χ1v) is 7.65. The van der Waals surface area contributed by atoms with Crippen molar-refractivity contribution in [3.8, 4) is 0 Å². The van der Waals surface area contributed by atoms with Gasteiger partial charge in [0.15, 0.2) is 0 Å². The molecule has 0 atom stereocenters. The fraction of sp³-hybridized carbons (Fsp3) is 0.625. The summed E-state index contributed by atoms with van der Waals surface area (Å²) in [5.74, 6) is -0.00315. The highest BCUT2D eigenvalue weighted by Crippen LogP contribution is 2.24. The number of aryl methyl sites for hydroxylation is 1. The maximum absolute atomic E-state index is 12.7. The highest BCUT2D eigenvalue weighted by molar-refractivity contribution is 5.99. The maximum atomic E-state index is 12.7. The summed E-state index contributed by atoms with van der Waals surface area (Å²) in [6.45, 7) is 7.85. The van der Waals surface area contributed by atoms with Crippen molar-refractivity contribution in [1.29, 1.82) is 0 Å². The van der Waals surface area contributed by atoms with Crippen LogP contribution in [0.25, 0.3) is 0 Å². The van der Waals surface area contributed by atoms with Gasteiger partial charge in [-0.25, -0.2) is 0 Å². The highest BCUT2D eigenvalue weighted by Gasteiger charge is 2.30. The average molecular weight is 291 g/mol. The highest BCUT2D eigenvalue weighted by atomic mass is 16.3. The number of anilines is 1. The predicted molar refractivity (Wildman–Crippen MR) is 83.5 cm³/mol. The molecule has 116 valence electrons. The zero-order valence-corrected chi connectivity index (χ0v) is 13.1. The molecular weight excluding hydrogens is 266 g/mol. The number of piperidine rings is 1. The van der Waals surface area contributed by atoms with Crippen LogP contribution in [0, 0.1) is 6.92 Å². The quantitative estimate of drug-likeness (QED) is 0.892. The van der Waals surface area contributed by atoms with E-state index >= 15 is 0 Å². The molecule has 1 aromatic heterocycles. The van der Waals surface area contributed by atoms with Gasteiger partial charge in [-0.1, -0.05) is 6.92 Å². The van der Waals surface area contributed by atoms with Gasteiger partial charge in [0.25, 0.3) is 5.91 Å². The molecule has 0 saturated carbocycles. The van der Waals surface area contributed by atoms with Crippen LogP contribution in [0.5, 0.6) is 0 Å². The molecule has 2 rings (SSSR count). The number of likely N-dealkylation sites (tertiary alicyclic amines) is 1. The number of amides is 1. The van der Waals surface area contributed by atoms with E-state index in [-0.39, 0.29) is 5.91 Å². The number of pyridine rings is 1. The zero-order valence-electron chi connectivity index (χ0n) is 13.1. The standard InChI is InChI=1S/C16H25N3O2/c1-4-7-17-14-10-12(2)18-11-13(14)15(20)19-8-5-16(3,21)6-9-19/h10-11,21H,4-9H2,1-3H3,(H,17,18). The maximum Gasteiger partial charge on any atom is 0.257 e. The molecule has 2 N–H and O–H groups in total. The van der Waals surface area contributed by atoms with Crippen molar-refractivity contribution in [3.63, 3.8) is 0 Å². The number of carbonyl (C=O) groups is 1. The van der Waals surface area contributed by atoms with E-state index in [0.29, 0.717) is 31.5 Å². The number of aromatic nitrogens is 1. The van der Waals surface area contributed by atoms with Crippen molar-refractivity contribution in [2.45, 2.75) is 45.6 Å². The van der Waals surface area contributed by atoms with Crippen LogP contribution in [0.2, 0.25) is 0 Å². The zero-order chi connectivity index (χ0) is 15.5. The summed E-state index contributed by atoms with van der Waals surface area (Å²) < 4.78 is 0. The second-order valence-electron chi connectivity index (χ2n) is 6.09. The van der Waals surface area contributed by atoms with E-state index in [0.717, 1.165) is 24.3 Å². The topological polar surface area (TPSA) is 65.5 Å². The lowest BCUT2D eigenvalue weighted by Gasteiger charge is -2.36. The van der Waals surface area contributed by atoms with Crippen LogP contribution in [0.4, 0.5) is 5.69 Å². The number of nitrogens with zero attached hydrogens (tertiary/aromatic N) is 2. The molecule has 0 radical (unpaired) electrons. The molecule has 1 fully saturated rings. The van der Waals surface area contributed by atoms with Crippen molar-refractivity contribution < 1.29 is 9.90 Å². The molecule has 0 unspecified atom stereocenters. The van der Waals surface area contributed by atoms with Crippen molar-refractivity contribution in [2.24, 2.45) is 0 Å². The molecule has 1 aliphatic heterocycles. The largest absolute Gasteiger partial charge is 0.390 e. The Morgan fingerprint density at radius 1 is 1.48 bits per heavy atom. The number of hydrogen-bond donors (Lipinski definition) is 2. The lowest BCUT2D eigenvalue weighted by molar-refractivity contribution is -0.00200. The Morgan fingerprint density at radius 3 is 2.76 bits per heavy atom. The Morgan fingerprint density at radius 2 is 2.14 bits per heavy atom. The first-order chi connectivity index (χ1) is 9.93. The molecule has 0 aliphatic carbocycles. The first-order valence-electron chi connectivity index (χ1n) is 7.65. The monoisotopic (exact) mass is 291 g/mol. The van der Waals surface area contributed by atoms with Gasteiger partial charge < -0.3 is 15.3 Å². The third-order valence-electron chi connectivity index (χ3n) is 3.96. The fourth-order valence-corrected chi connectivity index (χ4v) is 2.50. The van der Waals surface area contributed by atoms with Gasteiger partial charge in [-0.05, 0) is 39.2 Å². The van der Waals surface area contributed by atoms with Crippen molar-refractivity contribution in [1.82, 2.24) is 9.88 Å². The van der Waals surface area contributed by atoms with E-state index in [9.17, 15) is 9.90 Å². The normalized spacial score (nSPS) is 17.6. The van der Waals surface area contributed by atoms with E-state index in [1.54, 1.807) is 11.1 Å². The summed E-state index contributed by atoms with van der Waals surface area (Å²) >= 11 is 0. The Balaban J connectivity index is 2.15. The van der Waals surface area contributed by atoms with Gasteiger partial charge in [-0.3, -0.25) is 9.78 Å². The van der Waals surface area contributed by atoms with Crippen LogP contribution in [0.3, 0.4) is 0 Å². The second kappa shape index (κ2) is 6.43. The summed E-state index contributed by atoms with van der Waals surface area (Å²) in [5, 5.41) is 13.3. The van der Waals surface area contributed by atoms with Gasteiger partial charge in [-0.15, -0.1) is 0 Å². The van der Waals surface area contributed by atoms with Crippen molar-refractivity contribution >= 4 is 11.6 Å². The van der Waals surface area contributed by atoms with Gasteiger partial charge >= 0.3 is 0 Å². The van der Waals surface area contributed by atoms with Crippen LogP contribution in [0.15, 0.2) is 12.3 Å². The third-order valence-corrected chi connectivity index (χ3v) is 3.96. The third kappa shape index (κ3) is 3.94. The summed E-state index contributed by atoms with van der Waals surface area (Å²) in [6.07, 6.45) is 3.90. The average Bonchev–Trinajstić information content (AvgIpc) is 2.44. The summed E-state index contributed by atoms with van der Waals surface area (Å²) in [7, 11) is 0. The van der Waals surface area contributed by atoms with Gasteiger partial charge in [0.05, 0.1) is 16.9 Å². The predicted octanol–water partition coefficient (Wildman–Crippen LogP) is 2.20. The van der Waals surface area contributed by atoms with Crippen molar-refractivity contribution in [2.75, 3.05) is 25.0 Å². The molecule has 0 spiro atoms. The van der Waals surface area contributed by atoms with Crippen LogP contribution < -0.4 is 5.32 Å². The minimum Gasteiger partial charge on any atom is -0.390 e. The van der Waals surface area contributed by atoms with Gasteiger partial charge in [0.2, 0.25) is 0 Å². The molecule has 0 bridgehead atoms. The fourth-order valence-electron chi connectivity index (χ4n) is 2.50. The van der Waals surface area contributed by atoms with E-state index in [1.165, 1.54) is 0 Å². The molecular formula is C16H25N3O2. The minimum absolute atomic E-state index is 0.00315. The molecule has 1 amide bonds. The Hall–Kier alpha value is -1.62. The van der Waals surface area contributed by atoms with E-state index in [1.807, 2.05) is 19.9 Å². The van der Waals surface area contributed by atoms with Crippen LogP contribution in [-0.2, 0) is 0 Å². The molecule has 2 heterocycles. The smallest absolute Gasteiger partial charge is 0.257 e. The summed E-state index contributed by atoms with van der Waals surface area (Å²) in [4.78, 5) is 18.7. The lowest BCUT2D eigenvalue weighted by atomic mass is 9.93. The molecule has 1 saturated heterocycles. The van der Waals surface area contributed by atoms with Gasteiger partial charge in [-0.2, -0.15) is 0 Å². The number of hydrogen-bond acceptors (Lipinski definition) is 4. The van der Waals surface area contributed by atoms with Crippen molar-refractivity contribution in [3.05, 3.63) is 23.5 Å². The van der Waals surface area contributed by atoms with E-state index in [2.05, 4.69) is 17.2 Å². The Labute approximate surface area is 126 Å². The minimum atomic E-state index is -0.647. The van der Waals surface area contributed by atoms with E-state index in [4.69, 9.17) is 0 Å². The number of rotatable bonds is 4. The first kappa shape index (κ1) is 15.8.